The Bertz CT molecular complexity index is 342. The van der Waals surface area contributed by atoms with Crippen LogP contribution >= 0.6 is 11.3 Å². The number of nitrogen functional groups attached to an aromatic ring is 1. The number of thiazole rings is 1. The van der Waals surface area contributed by atoms with Crippen LogP contribution < -0.4 is 11.1 Å². The molecule has 5 heteroatoms. The number of hydrogen-bond donors (Lipinski definition) is 2. The average Bonchev–Trinajstić information content (AvgIpc) is 2.67. The van der Waals surface area contributed by atoms with E-state index in [1.54, 1.807) is 6.20 Å². The van der Waals surface area contributed by atoms with Gasteiger partial charge in [-0.25, -0.2) is 4.98 Å². The molecule has 4 nitrogen and oxygen atoms in total. The Morgan fingerprint density at radius 3 is 2.81 bits per heavy atom. The summed E-state index contributed by atoms with van der Waals surface area (Å²) in [5.41, 5.74) is 6.04. The zero-order chi connectivity index (χ0) is 11.6. The predicted octanol–water partition coefficient (Wildman–Crippen LogP) is 1.87. The summed E-state index contributed by atoms with van der Waals surface area (Å²) in [7, 11) is 2.19. The van der Waals surface area contributed by atoms with Crippen LogP contribution in [-0.2, 0) is 0 Å². The third kappa shape index (κ3) is 2.86. The van der Waals surface area contributed by atoms with Crippen molar-refractivity contribution >= 4 is 21.5 Å². The van der Waals surface area contributed by atoms with E-state index in [2.05, 4.69) is 29.2 Å². The zero-order valence-electron chi connectivity index (χ0n) is 9.99. The monoisotopic (exact) mass is 240 g/mol. The molecule has 0 unspecified atom stereocenters. The van der Waals surface area contributed by atoms with E-state index in [0.29, 0.717) is 5.41 Å². The lowest BCUT2D eigenvalue weighted by molar-refractivity contribution is 0.150. The first kappa shape index (κ1) is 11.7. The summed E-state index contributed by atoms with van der Waals surface area (Å²) in [6.07, 6.45) is 4.21. The van der Waals surface area contributed by atoms with Crippen molar-refractivity contribution in [1.82, 2.24) is 9.88 Å². The maximum atomic E-state index is 5.65. The maximum Gasteiger partial charge on any atom is 0.184 e. The van der Waals surface area contributed by atoms with Crippen molar-refractivity contribution in [1.29, 1.82) is 0 Å². The maximum absolute atomic E-state index is 5.65. The Balaban J connectivity index is 1.85. The molecule has 1 saturated heterocycles. The lowest BCUT2D eigenvalue weighted by Crippen LogP contribution is -2.40. The van der Waals surface area contributed by atoms with Crippen molar-refractivity contribution in [3.05, 3.63) is 6.20 Å². The van der Waals surface area contributed by atoms with Crippen LogP contribution in [0.1, 0.15) is 19.8 Å². The van der Waals surface area contributed by atoms with Gasteiger partial charge in [0.25, 0.3) is 0 Å². The lowest BCUT2D eigenvalue weighted by Gasteiger charge is -2.37. The zero-order valence-corrected chi connectivity index (χ0v) is 10.8. The van der Waals surface area contributed by atoms with E-state index >= 15 is 0 Å². The van der Waals surface area contributed by atoms with Gasteiger partial charge in [0.2, 0.25) is 0 Å². The Kier molecular flexibility index (Phi) is 3.35. The van der Waals surface area contributed by atoms with Gasteiger partial charge in [0.05, 0.1) is 6.20 Å². The van der Waals surface area contributed by atoms with Crippen molar-refractivity contribution < 1.29 is 0 Å². The molecule has 1 aliphatic rings. The van der Waals surface area contributed by atoms with Crippen molar-refractivity contribution in [2.75, 3.05) is 37.7 Å². The lowest BCUT2D eigenvalue weighted by atomic mass is 9.80. The van der Waals surface area contributed by atoms with Gasteiger partial charge in [-0.1, -0.05) is 18.3 Å². The van der Waals surface area contributed by atoms with Crippen LogP contribution in [0.15, 0.2) is 6.20 Å². The largest absolute Gasteiger partial charge is 0.389 e. The minimum absolute atomic E-state index is 0.396. The number of likely N-dealkylation sites (tertiary alicyclic amines) is 1. The third-order valence-electron chi connectivity index (χ3n) is 3.38. The van der Waals surface area contributed by atoms with Gasteiger partial charge < -0.3 is 16.0 Å². The van der Waals surface area contributed by atoms with Crippen LogP contribution in [0, 0.1) is 5.41 Å². The number of piperidine rings is 1. The van der Waals surface area contributed by atoms with Gasteiger partial charge in [0, 0.05) is 6.54 Å². The molecular weight excluding hydrogens is 220 g/mol. The first-order valence-corrected chi connectivity index (χ1v) is 6.53. The van der Waals surface area contributed by atoms with E-state index in [0.717, 1.165) is 16.7 Å². The highest BCUT2D eigenvalue weighted by Gasteiger charge is 2.28. The molecule has 0 spiro atoms. The van der Waals surface area contributed by atoms with Crippen LogP contribution in [0.2, 0.25) is 0 Å². The van der Waals surface area contributed by atoms with Crippen LogP contribution in [0.4, 0.5) is 10.1 Å². The molecule has 1 fully saturated rings. The van der Waals surface area contributed by atoms with Gasteiger partial charge in [-0.2, -0.15) is 0 Å². The second-order valence-corrected chi connectivity index (χ2v) is 6.10. The Morgan fingerprint density at radius 2 is 2.25 bits per heavy atom. The van der Waals surface area contributed by atoms with Crippen LogP contribution in [-0.4, -0.2) is 36.6 Å². The summed E-state index contributed by atoms with van der Waals surface area (Å²) >= 11 is 1.52. The molecule has 0 bridgehead atoms. The topological polar surface area (TPSA) is 54.2 Å². The summed E-state index contributed by atoms with van der Waals surface area (Å²) in [6, 6.07) is 0. The SMILES string of the molecule is CN1CCC(C)(CNc2ncc(N)s2)CC1. The fourth-order valence-corrected chi connectivity index (χ4v) is 2.57. The van der Waals surface area contributed by atoms with Crippen LogP contribution in [0.25, 0.3) is 0 Å². The molecule has 3 N–H and O–H groups in total. The number of nitrogens with two attached hydrogens (primary N) is 1. The van der Waals surface area contributed by atoms with Crippen LogP contribution in [0.3, 0.4) is 0 Å². The van der Waals surface area contributed by atoms with Gasteiger partial charge in [0.1, 0.15) is 5.00 Å². The minimum atomic E-state index is 0.396. The quantitative estimate of drug-likeness (QED) is 0.847. The summed E-state index contributed by atoms with van der Waals surface area (Å²) in [6.45, 7) is 5.73. The third-order valence-corrected chi connectivity index (χ3v) is 4.17. The van der Waals surface area contributed by atoms with Gasteiger partial charge in [-0.15, -0.1) is 0 Å². The Morgan fingerprint density at radius 1 is 1.56 bits per heavy atom. The Hall–Kier alpha value is -0.810. The van der Waals surface area contributed by atoms with Gasteiger partial charge in [-0.05, 0) is 38.4 Å². The van der Waals surface area contributed by atoms with Crippen molar-refractivity contribution in [2.24, 2.45) is 5.41 Å². The van der Waals surface area contributed by atoms with Crippen molar-refractivity contribution in [3.63, 3.8) is 0 Å². The average molecular weight is 240 g/mol. The molecule has 0 aromatic carbocycles. The summed E-state index contributed by atoms with van der Waals surface area (Å²) in [5, 5.41) is 5.12. The second kappa shape index (κ2) is 4.59. The molecule has 90 valence electrons. The molecule has 1 aliphatic heterocycles. The van der Waals surface area contributed by atoms with E-state index in [9.17, 15) is 0 Å². The van der Waals surface area contributed by atoms with E-state index in [1.165, 1.54) is 37.3 Å². The minimum Gasteiger partial charge on any atom is -0.389 e. The van der Waals surface area contributed by atoms with Crippen LogP contribution in [0.5, 0.6) is 0 Å². The second-order valence-electron chi connectivity index (χ2n) is 5.04. The molecule has 0 amide bonds. The first-order chi connectivity index (χ1) is 7.57. The number of aromatic nitrogens is 1. The number of nitrogens with zero attached hydrogens (tertiary/aromatic N) is 2. The molecule has 0 atom stereocenters. The number of hydrogen-bond acceptors (Lipinski definition) is 5. The normalized spacial score (nSPS) is 20.9. The van der Waals surface area contributed by atoms with Gasteiger partial charge in [-0.3, -0.25) is 0 Å². The molecule has 16 heavy (non-hydrogen) atoms. The standard InChI is InChI=1S/C11H20N4S/c1-11(3-5-15(2)6-4-11)8-14-10-13-7-9(12)16-10/h7H,3-6,8,12H2,1-2H3,(H,13,14). The molecule has 0 aliphatic carbocycles. The molecule has 2 rings (SSSR count). The van der Waals surface area contributed by atoms with E-state index in [-0.39, 0.29) is 0 Å². The number of nitrogens with one attached hydrogen (secondary N) is 1. The summed E-state index contributed by atoms with van der Waals surface area (Å²) < 4.78 is 0. The summed E-state index contributed by atoms with van der Waals surface area (Å²) in [4.78, 5) is 6.61. The smallest absolute Gasteiger partial charge is 0.184 e. The fraction of sp³-hybridized carbons (Fsp3) is 0.727. The van der Waals surface area contributed by atoms with E-state index < -0.39 is 0 Å². The van der Waals surface area contributed by atoms with E-state index in [1.807, 2.05) is 0 Å². The van der Waals surface area contributed by atoms with Gasteiger partial charge in [0.15, 0.2) is 5.13 Å². The summed E-state index contributed by atoms with van der Waals surface area (Å²) in [5.74, 6) is 0. The molecule has 1 aromatic heterocycles. The predicted molar refractivity (Wildman–Crippen MR) is 69.9 cm³/mol. The van der Waals surface area contributed by atoms with E-state index in [4.69, 9.17) is 5.73 Å². The molecular formula is C11H20N4S. The van der Waals surface area contributed by atoms with Gasteiger partial charge >= 0.3 is 0 Å². The first-order valence-electron chi connectivity index (χ1n) is 5.71. The number of rotatable bonds is 3. The molecule has 0 radical (unpaired) electrons. The van der Waals surface area contributed by atoms with Crippen molar-refractivity contribution in [2.45, 2.75) is 19.8 Å². The fourth-order valence-electron chi connectivity index (χ4n) is 1.99. The molecule has 2 heterocycles. The highest BCUT2D eigenvalue weighted by atomic mass is 32.1. The molecule has 0 saturated carbocycles. The highest BCUT2D eigenvalue weighted by Crippen LogP contribution is 2.31. The Labute approximate surface area is 101 Å². The highest BCUT2D eigenvalue weighted by molar-refractivity contribution is 7.19. The number of anilines is 2. The molecule has 1 aromatic rings. The van der Waals surface area contributed by atoms with Crippen molar-refractivity contribution in [3.8, 4) is 0 Å².